The Hall–Kier alpha value is 0.912. The van der Waals surface area contributed by atoms with Crippen LogP contribution < -0.4 is 3.12 Å². The van der Waals surface area contributed by atoms with E-state index in [9.17, 15) is 0 Å². The summed E-state index contributed by atoms with van der Waals surface area (Å²) in [5.41, 5.74) is 0. The Kier molecular flexibility index (Phi) is 3.50. The van der Waals surface area contributed by atoms with Gasteiger partial charge in [-0.05, 0) is 0 Å². The molecule has 0 spiro atoms. The minimum atomic E-state index is -1.96. The van der Waals surface area contributed by atoms with Crippen LogP contribution in [-0.4, -0.2) is 19.1 Å². The summed E-state index contributed by atoms with van der Waals surface area (Å²) in [6.07, 6.45) is 0. The molecule has 1 aromatic carbocycles. The third-order valence-electron chi connectivity index (χ3n) is 1.05. The van der Waals surface area contributed by atoms with Crippen LogP contribution in [0.2, 0.25) is 0 Å². The topological polar surface area (TPSA) is 0 Å². The second-order valence-corrected chi connectivity index (χ2v) is 23.1. The van der Waals surface area contributed by atoms with Crippen molar-refractivity contribution in [3.8, 4) is 0 Å². The van der Waals surface area contributed by atoms with Crippen LogP contribution in [0.15, 0.2) is 30.3 Å². The Balaban J connectivity index is 2.85. The number of halogens is 2. The van der Waals surface area contributed by atoms with Gasteiger partial charge in [-0.25, -0.2) is 0 Å². The molecule has 0 aliphatic heterocycles. The van der Waals surface area contributed by atoms with E-state index in [1.54, 1.807) is 0 Å². The van der Waals surface area contributed by atoms with Crippen LogP contribution in [0.1, 0.15) is 0 Å². The predicted octanol–water partition coefficient (Wildman–Crippen LogP) is 2.02. The fraction of sp³-hybridized carbons (Fsp3) is 0. The van der Waals surface area contributed by atoms with Crippen LogP contribution in [0, 0.1) is 0 Å². The molecule has 1 aromatic rings. The van der Waals surface area contributed by atoms with Crippen LogP contribution in [-0.2, 0) is 0 Å². The first kappa shape index (κ1) is 8.01. The average molecular weight is 397 g/mol. The first-order chi connectivity index (χ1) is 4.30. The molecule has 9 heavy (non-hydrogen) atoms. The number of hydrogen-bond acceptors (Lipinski definition) is 0. The SMILES string of the molecule is [Cl][Tl]([Br])[c]1ccccc1. The van der Waals surface area contributed by atoms with Crippen molar-refractivity contribution in [2.45, 2.75) is 0 Å². The molecule has 0 aromatic heterocycles. The maximum absolute atomic E-state index is 5.94. The molecule has 0 saturated carbocycles. The summed E-state index contributed by atoms with van der Waals surface area (Å²) in [7, 11) is 5.94. The van der Waals surface area contributed by atoms with Gasteiger partial charge in [0, 0.05) is 0 Å². The zero-order chi connectivity index (χ0) is 6.69. The van der Waals surface area contributed by atoms with Crippen molar-refractivity contribution in [2.75, 3.05) is 0 Å². The van der Waals surface area contributed by atoms with E-state index < -0.39 is 19.1 Å². The molecule has 0 N–H and O–H groups in total. The normalized spacial score (nSPS) is 9.11. The van der Waals surface area contributed by atoms with Crippen molar-refractivity contribution in [1.82, 2.24) is 0 Å². The van der Waals surface area contributed by atoms with E-state index in [2.05, 4.69) is 24.1 Å². The minimum absolute atomic E-state index is 1.32. The summed E-state index contributed by atoms with van der Waals surface area (Å²) in [5.74, 6) is 0. The molecule has 0 nitrogen and oxygen atoms in total. The molecule has 0 amide bonds. The van der Waals surface area contributed by atoms with Gasteiger partial charge in [-0.15, -0.1) is 0 Å². The summed E-state index contributed by atoms with van der Waals surface area (Å²) in [6, 6.07) is 10.2. The molecule has 0 fully saturated rings. The Morgan fingerprint density at radius 1 is 1.22 bits per heavy atom. The second-order valence-electron chi connectivity index (χ2n) is 1.71. The van der Waals surface area contributed by atoms with Crippen molar-refractivity contribution in [3.63, 3.8) is 0 Å². The van der Waals surface area contributed by atoms with E-state index in [0.29, 0.717) is 0 Å². The van der Waals surface area contributed by atoms with Crippen LogP contribution >= 0.6 is 20.3 Å². The maximum atomic E-state index is 5.94. The summed E-state index contributed by atoms with van der Waals surface area (Å²) < 4.78 is 1.32. The molecule has 0 bridgehead atoms. The van der Waals surface area contributed by atoms with Gasteiger partial charge in [0.15, 0.2) is 0 Å². The third kappa shape index (κ3) is 2.55. The second kappa shape index (κ2) is 3.93. The van der Waals surface area contributed by atoms with Crippen molar-refractivity contribution in [3.05, 3.63) is 30.3 Å². The van der Waals surface area contributed by atoms with Gasteiger partial charge in [-0.2, -0.15) is 0 Å². The van der Waals surface area contributed by atoms with E-state index >= 15 is 0 Å². The fourth-order valence-electron chi connectivity index (χ4n) is 0.599. The number of rotatable bonds is 1. The van der Waals surface area contributed by atoms with Gasteiger partial charge in [-0.3, -0.25) is 0 Å². The molecule has 0 heterocycles. The molecule has 0 aliphatic carbocycles. The van der Waals surface area contributed by atoms with E-state index in [-0.39, 0.29) is 0 Å². The zero-order valence-corrected chi connectivity index (χ0v) is 11.6. The van der Waals surface area contributed by atoms with Crippen LogP contribution in [0.3, 0.4) is 0 Å². The molecular formula is C6H5BrClTl. The first-order valence-electron chi connectivity index (χ1n) is 2.64. The molecule has 46 valence electrons. The van der Waals surface area contributed by atoms with E-state index in [4.69, 9.17) is 8.32 Å². The summed E-state index contributed by atoms with van der Waals surface area (Å²) in [5, 5.41) is 0. The molecule has 0 radical (unpaired) electrons. The van der Waals surface area contributed by atoms with Gasteiger partial charge in [0.2, 0.25) is 0 Å². The predicted molar refractivity (Wildman–Crippen MR) is 46.6 cm³/mol. The molecule has 0 saturated heterocycles. The Labute approximate surface area is 72.1 Å². The number of hydrogen-bond donors (Lipinski definition) is 0. The average Bonchev–Trinajstić information content (AvgIpc) is 1.90. The zero-order valence-electron chi connectivity index (χ0n) is 4.72. The van der Waals surface area contributed by atoms with Gasteiger partial charge in [0.25, 0.3) is 0 Å². The molecule has 0 atom stereocenters. The van der Waals surface area contributed by atoms with Crippen molar-refractivity contribution in [1.29, 1.82) is 0 Å². The third-order valence-corrected chi connectivity index (χ3v) is 11.4. The quantitative estimate of drug-likeness (QED) is 0.637. The van der Waals surface area contributed by atoms with E-state index in [1.807, 2.05) is 18.2 Å². The van der Waals surface area contributed by atoms with Crippen molar-refractivity contribution < 1.29 is 0 Å². The number of benzene rings is 1. The Morgan fingerprint density at radius 2 is 1.78 bits per heavy atom. The van der Waals surface area contributed by atoms with Gasteiger partial charge in [0.05, 0.1) is 0 Å². The van der Waals surface area contributed by atoms with Gasteiger partial charge >= 0.3 is 72.8 Å². The molecule has 1 rings (SSSR count). The fourth-order valence-corrected chi connectivity index (χ4v) is 6.55. The van der Waals surface area contributed by atoms with Gasteiger partial charge in [-0.1, -0.05) is 0 Å². The molecule has 0 aliphatic rings. The van der Waals surface area contributed by atoms with Crippen molar-refractivity contribution >= 4 is 42.5 Å². The first-order valence-corrected chi connectivity index (χ1v) is 20.1. The monoisotopic (exact) mass is 396 g/mol. The summed E-state index contributed by atoms with van der Waals surface area (Å²) >= 11 is 1.51. The van der Waals surface area contributed by atoms with Crippen LogP contribution in [0.25, 0.3) is 0 Å². The summed E-state index contributed by atoms with van der Waals surface area (Å²) in [6.45, 7) is 0. The van der Waals surface area contributed by atoms with Crippen molar-refractivity contribution in [2.24, 2.45) is 0 Å². The molecule has 0 unspecified atom stereocenters. The van der Waals surface area contributed by atoms with Gasteiger partial charge < -0.3 is 0 Å². The van der Waals surface area contributed by atoms with Gasteiger partial charge in [0.1, 0.15) is 0 Å². The van der Waals surface area contributed by atoms with Crippen LogP contribution in [0.5, 0.6) is 0 Å². The van der Waals surface area contributed by atoms with E-state index in [0.717, 1.165) is 0 Å². The van der Waals surface area contributed by atoms with Crippen LogP contribution in [0.4, 0.5) is 0 Å². The Morgan fingerprint density at radius 3 is 2.11 bits per heavy atom. The summed E-state index contributed by atoms with van der Waals surface area (Å²) in [4.78, 5) is 0. The van der Waals surface area contributed by atoms with E-state index in [1.165, 1.54) is 3.12 Å². The molecular weight excluding hydrogens is 392 g/mol. The Bertz CT molecular complexity index is 176. The standard InChI is InChI=1S/C6H5.BrH.ClH.Tl/c1-2-4-6-5-3-1;;;/h1-5H;2*1H;/q;;;+2/p-2. The molecule has 3 heteroatoms.